The van der Waals surface area contributed by atoms with Crippen LogP contribution < -0.4 is 0 Å². The van der Waals surface area contributed by atoms with E-state index in [4.69, 9.17) is 5.11 Å². The van der Waals surface area contributed by atoms with Gasteiger partial charge in [-0.1, -0.05) is 0 Å². The first-order chi connectivity index (χ1) is 8.08. The van der Waals surface area contributed by atoms with Gasteiger partial charge in [0.1, 0.15) is 0 Å². The van der Waals surface area contributed by atoms with Crippen molar-refractivity contribution >= 4 is 5.97 Å². The highest BCUT2D eigenvalue weighted by atomic mass is 16.4. The lowest BCUT2D eigenvalue weighted by Gasteiger charge is -2.05. The summed E-state index contributed by atoms with van der Waals surface area (Å²) in [6.45, 7) is 3.63. The van der Waals surface area contributed by atoms with Crippen molar-refractivity contribution in [1.29, 1.82) is 0 Å². The van der Waals surface area contributed by atoms with Crippen molar-refractivity contribution < 1.29 is 9.90 Å². The molecule has 86 valence electrons. The molecule has 0 atom stereocenters. The van der Waals surface area contributed by atoms with Crippen molar-refractivity contribution in [1.82, 2.24) is 15.0 Å². The van der Waals surface area contributed by atoms with Gasteiger partial charge in [-0.05, 0) is 31.5 Å². The topological polar surface area (TPSA) is 76.0 Å². The zero-order chi connectivity index (χ0) is 12.4. The summed E-state index contributed by atoms with van der Waals surface area (Å²) in [5.41, 5.74) is 2.34. The summed E-state index contributed by atoms with van der Waals surface area (Å²) in [7, 11) is 0. The normalized spacial score (nSPS) is 10.2. The molecule has 17 heavy (non-hydrogen) atoms. The van der Waals surface area contributed by atoms with Crippen LogP contribution in [0.25, 0.3) is 11.4 Å². The molecule has 2 aromatic rings. The van der Waals surface area contributed by atoms with E-state index >= 15 is 0 Å². The van der Waals surface area contributed by atoms with E-state index in [-0.39, 0.29) is 5.69 Å². The summed E-state index contributed by atoms with van der Waals surface area (Å²) < 4.78 is 0. The Morgan fingerprint density at radius 2 is 2.06 bits per heavy atom. The summed E-state index contributed by atoms with van der Waals surface area (Å²) >= 11 is 0. The van der Waals surface area contributed by atoms with Crippen LogP contribution in [0, 0.1) is 13.8 Å². The molecule has 2 heterocycles. The van der Waals surface area contributed by atoms with Crippen LogP contribution in [0.1, 0.15) is 21.7 Å². The third-order valence-corrected chi connectivity index (χ3v) is 2.33. The molecule has 0 unspecified atom stereocenters. The molecule has 0 aromatic carbocycles. The maximum atomic E-state index is 10.9. The van der Waals surface area contributed by atoms with Crippen LogP contribution >= 0.6 is 0 Å². The number of carbonyl (C=O) groups is 1. The van der Waals surface area contributed by atoms with Crippen molar-refractivity contribution in [2.24, 2.45) is 0 Å². The average Bonchev–Trinajstić information content (AvgIpc) is 2.28. The van der Waals surface area contributed by atoms with Crippen molar-refractivity contribution in [3.8, 4) is 11.4 Å². The standard InChI is InChI=1S/C12H11N3O2/c1-7-6-13-4-3-9(7)11-14-8(2)5-10(15-11)12(16)17/h3-6H,1-2H3,(H,16,17). The fourth-order valence-corrected chi connectivity index (χ4v) is 1.52. The molecule has 2 aromatic heterocycles. The lowest BCUT2D eigenvalue weighted by atomic mass is 10.1. The Bertz CT molecular complexity index is 582. The summed E-state index contributed by atoms with van der Waals surface area (Å²) in [5, 5.41) is 8.95. The van der Waals surface area contributed by atoms with Gasteiger partial charge >= 0.3 is 5.97 Å². The first-order valence-corrected chi connectivity index (χ1v) is 5.08. The highest BCUT2D eigenvalue weighted by Crippen LogP contribution is 2.19. The molecule has 0 spiro atoms. The molecule has 0 saturated heterocycles. The van der Waals surface area contributed by atoms with E-state index in [1.807, 2.05) is 6.92 Å². The van der Waals surface area contributed by atoms with Crippen LogP contribution in [0.5, 0.6) is 0 Å². The maximum absolute atomic E-state index is 10.9. The quantitative estimate of drug-likeness (QED) is 0.850. The second-order valence-electron chi connectivity index (χ2n) is 3.71. The predicted molar refractivity (Wildman–Crippen MR) is 61.7 cm³/mol. The van der Waals surface area contributed by atoms with Crippen LogP contribution in [-0.2, 0) is 0 Å². The monoisotopic (exact) mass is 229 g/mol. The zero-order valence-electron chi connectivity index (χ0n) is 9.51. The Morgan fingerprint density at radius 1 is 1.29 bits per heavy atom. The molecule has 1 N–H and O–H groups in total. The van der Waals surface area contributed by atoms with E-state index in [0.717, 1.165) is 11.1 Å². The third-order valence-electron chi connectivity index (χ3n) is 2.33. The molecule has 5 heteroatoms. The predicted octanol–water partition coefficient (Wildman–Crippen LogP) is 1.85. The lowest BCUT2D eigenvalue weighted by Crippen LogP contribution is -2.04. The van der Waals surface area contributed by atoms with Crippen LogP contribution in [0.2, 0.25) is 0 Å². The fraction of sp³-hybridized carbons (Fsp3) is 0.167. The van der Waals surface area contributed by atoms with Gasteiger partial charge in [-0.3, -0.25) is 4.98 Å². The van der Waals surface area contributed by atoms with Gasteiger partial charge in [0.25, 0.3) is 0 Å². The van der Waals surface area contributed by atoms with Gasteiger partial charge in [-0.15, -0.1) is 0 Å². The molecule has 0 fully saturated rings. The Hall–Kier alpha value is -2.30. The van der Waals surface area contributed by atoms with Crippen molar-refractivity contribution in [2.75, 3.05) is 0 Å². The zero-order valence-corrected chi connectivity index (χ0v) is 9.51. The number of carboxylic acid groups (broad SMARTS) is 1. The van der Waals surface area contributed by atoms with Gasteiger partial charge in [0.2, 0.25) is 0 Å². The highest BCUT2D eigenvalue weighted by Gasteiger charge is 2.11. The number of rotatable bonds is 2. The highest BCUT2D eigenvalue weighted by molar-refractivity contribution is 5.86. The third kappa shape index (κ3) is 2.28. The Kier molecular flexibility index (Phi) is 2.82. The number of aryl methyl sites for hydroxylation is 2. The molecule has 0 aliphatic heterocycles. The minimum atomic E-state index is -1.05. The summed E-state index contributed by atoms with van der Waals surface area (Å²) in [5.74, 6) is -0.634. The first kappa shape index (κ1) is 11.2. The number of hydrogen-bond donors (Lipinski definition) is 1. The number of aromatic carboxylic acids is 1. The molecule has 0 aliphatic rings. The lowest BCUT2D eigenvalue weighted by molar-refractivity contribution is 0.0690. The van der Waals surface area contributed by atoms with E-state index in [1.54, 1.807) is 25.4 Å². The smallest absolute Gasteiger partial charge is 0.354 e. The number of hydrogen-bond acceptors (Lipinski definition) is 4. The van der Waals surface area contributed by atoms with E-state index in [0.29, 0.717) is 11.5 Å². The first-order valence-electron chi connectivity index (χ1n) is 5.08. The molecule has 2 rings (SSSR count). The average molecular weight is 229 g/mol. The van der Waals surface area contributed by atoms with Crippen molar-refractivity contribution in [3.63, 3.8) is 0 Å². The molecule has 0 radical (unpaired) electrons. The van der Waals surface area contributed by atoms with Gasteiger partial charge in [-0.25, -0.2) is 14.8 Å². The Morgan fingerprint density at radius 3 is 2.71 bits per heavy atom. The van der Waals surface area contributed by atoms with Gasteiger partial charge in [-0.2, -0.15) is 0 Å². The second-order valence-corrected chi connectivity index (χ2v) is 3.71. The van der Waals surface area contributed by atoms with Crippen LogP contribution in [0.15, 0.2) is 24.5 Å². The molecule has 5 nitrogen and oxygen atoms in total. The number of pyridine rings is 1. The second kappa shape index (κ2) is 4.29. The minimum absolute atomic E-state index is 0.00344. The van der Waals surface area contributed by atoms with Gasteiger partial charge < -0.3 is 5.11 Å². The van der Waals surface area contributed by atoms with Gasteiger partial charge in [0.15, 0.2) is 11.5 Å². The molecule has 0 bridgehead atoms. The molecule has 0 saturated carbocycles. The van der Waals surface area contributed by atoms with Gasteiger partial charge in [0.05, 0.1) is 0 Å². The van der Waals surface area contributed by atoms with Crippen LogP contribution in [0.3, 0.4) is 0 Å². The maximum Gasteiger partial charge on any atom is 0.354 e. The molecule has 0 amide bonds. The Labute approximate surface area is 98.2 Å². The summed E-state index contributed by atoms with van der Waals surface area (Å²) in [6.07, 6.45) is 3.33. The Balaban J connectivity index is 2.60. The van der Waals surface area contributed by atoms with E-state index in [2.05, 4.69) is 15.0 Å². The van der Waals surface area contributed by atoms with Gasteiger partial charge in [0, 0.05) is 23.7 Å². The fourth-order valence-electron chi connectivity index (χ4n) is 1.52. The number of carboxylic acids is 1. The molecular weight excluding hydrogens is 218 g/mol. The minimum Gasteiger partial charge on any atom is -0.477 e. The van der Waals surface area contributed by atoms with Crippen LogP contribution in [0.4, 0.5) is 0 Å². The summed E-state index contributed by atoms with van der Waals surface area (Å²) in [4.78, 5) is 23.2. The number of nitrogens with zero attached hydrogens (tertiary/aromatic N) is 3. The molecular formula is C12H11N3O2. The molecule has 0 aliphatic carbocycles. The SMILES string of the molecule is Cc1cc(C(=O)O)nc(-c2ccncc2C)n1. The number of aromatic nitrogens is 3. The van der Waals surface area contributed by atoms with E-state index in [9.17, 15) is 4.79 Å². The van der Waals surface area contributed by atoms with E-state index in [1.165, 1.54) is 6.07 Å². The van der Waals surface area contributed by atoms with Crippen molar-refractivity contribution in [3.05, 3.63) is 41.5 Å². The largest absolute Gasteiger partial charge is 0.477 e. The van der Waals surface area contributed by atoms with Crippen LogP contribution in [-0.4, -0.2) is 26.0 Å². The summed E-state index contributed by atoms with van der Waals surface area (Å²) in [6, 6.07) is 3.22. The van der Waals surface area contributed by atoms with E-state index < -0.39 is 5.97 Å². The van der Waals surface area contributed by atoms with Crippen molar-refractivity contribution in [2.45, 2.75) is 13.8 Å².